The van der Waals surface area contributed by atoms with E-state index in [-0.39, 0.29) is 24.1 Å². The molecular weight excluding hydrogens is 232 g/mol. The van der Waals surface area contributed by atoms with Gasteiger partial charge in [-0.15, -0.1) is 0 Å². The SMILES string of the molecule is CC[C@@H](C)OC(=O)CCCCC(=O)O[C@@H](C)CC. The molecule has 0 aliphatic heterocycles. The molecule has 0 radical (unpaired) electrons. The van der Waals surface area contributed by atoms with Gasteiger partial charge in [0.2, 0.25) is 0 Å². The van der Waals surface area contributed by atoms with Crippen LogP contribution < -0.4 is 0 Å². The van der Waals surface area contributed by atoms with Gasteiger partial charge in [-0.2, -0.15) is 0 Å². The first kappa shape index (κ1) is 16.9. The molecular formula is C14H26O4. The Balaban J connectivity index is 3.55. The number of carbonyl (C=O) groups is 2. The van der Waals surface area contributed by atoms with Gasteiger partial charge in [0.25, 0.3) is 0 Å². The second kappa shape index (κ2) is 9.92. The number of hydrogen-bond acceptors (Lipinski definition) is 4. The zero-order valence-corrected chi connectivity index (χ0v) is 12.0. The normalized spacial score (nSPS) is 13.8. The number of hydrogen-bond donors (Lipinski definition) is 0. The monoisotopic (exact) mass is 258 g/mol. The number of ether oxygens (including phenoxy) is 2. The molecule has 0 fully saturated rings. The molecule has 0 rings (SSSR count). The summed E-state index contributed by atoms with van der Waals surface area (Å²) in [5.41, 5.74) is 0. The van der Waals surface area contributed by atoms with Gasteiger partial charge in [-0.05, 0) is 39.5 Å². The molecule has 0 aliphatic rings. The van der Waals surface area contributed by atoms with Crippen LogP contribution in [-0.4, -0.2) is 24.1 Å². The number of unbranched alkanes of at least 4 members (excludes halogenated alkanes) is 1. The van der Waals surface area contributed by atoms with Gasteiger partial charge in [0.05, 0.1) is 12.2 Å². The molecule has 0 spiro atoms. The Bertz CT molecular complexity index is 224. The van der Waals surface area contributed by atoms with Crippen molar-refractivity contribution in [2.75, 3.05) is 0 Å². The van der Waals surface area contributed by atoms with Crippen LogP contribution >= 0.6 is 0 Å². The van der Waals surface area contributed by atoms with Gasteiger partial charge in [0.15, 0.2) is 0 Å². The molecule has 4 heteroatoms. The summed E-state index contributed by atoms with van der Waals surface area (Å²) in [6.07, 6.45) is 3.71. The molecule has 18 heavy (non-hydrogen) atoms. The van der Waals surface area contributed by atoms with Crippen molar-refractivity contribution in [3.8, 4) is 0 Å². The average Bonchev–Trinajstić information content (AvgIpc) is 2.34. The fourth-order valence-corrected chi connectivity index (χ4v) is 1.27. The van der Waals surface area contributed by atoms with Crippen LogP contribution in [-0.2, 0) is 19.1 Å². The summed E-state index contributed by atoms with van der Waals surface area (Å²) in [5.74, 6) is -0.362. The van der Waals surface area contributed by atoms with Crippen molar-refractivity contribution in [1.82, 2.24) is 0 Å². The average molecular weight is 258 g/mol. The minimum atomic E-state index is -0.181. The number of rotatable bonds is 9. The largest absolute Gasteiger partial charge is 0.463 e. The van der Waals surface area contributed by atoms with Crippen molar-refractivity contribution >= 4 is 11.9 Å². The van der Waals surface area contributed by atoms with E-state index in [1.54, 1.807) is 0 Å². The maximum atomic E-state index is 11.3. The first-order valence-electron chi connectivity index (χ1n) is 6.88. The van der Waals surface area contributed by atoms with E-state index in [1.807, 2.05) is 27.7 Å². The maximum absolute atomic E-state index is 11.3. The molecule has 0 aromatic carbocycles. The second-order valence-corrected chi connectivity index (χ2v) is 4.62. The molecule has 0 unspecified atom stereocenters. The molecule has 0 saturated carbocycles. The summed E-state index contributed by atoms with van der Waals surface area (Å²) in [6.45, 7) is 7.70. The van der Waals surface area contributed by atoms with E-state index in [9.17, 15) is 9.59 Å². The summed E-state index contributed by atoms with van der Waals surface area (Å²) in [4.78, 5) is 22.7. The van der Waals surface area contributed by atoms with E-state index in [0.29, 0.717) is 25.7 Å². The van der Waals surface area contributed by atoms with Crippen molar-refractivity contribution in [3.05, 3.63) is 0 Å². The Morgan fingerprint density at radius 3 is 1.44 bits per heavy atom. The molecule has 4 nitrogen and oxygen atoms in total. The van der Waals surface area contributed by atoms with Gasteiger partial charge in [-0.3, -0.25) is 9.59 Å². The van der Waals surface area contributed by atoms with Crippen molar-refractivity contribution < 1.29 is 19.1 Å². The minimum Gasteiger partial charge on any atom is -0.463 e. The van der Waals surface area contributed by atoms with Gasteiger partial charge in [-0.25, -0.2) is 0 Å². The first-order chi connectivity index (χ1) is 8.49. The van der Waals surface area contributed by atoms with Crippen LogP contribution in [0, 0.1) is 0 Å². The highest BCUT2D eigenvalue weighted by molar-refractivity contribution is 5.70. The van der Waals surface area contributed by atoms with E-state index in [0.717, 1.165) is 12.8 Å². The van der Waals surface area contributed by atoms with Crippen molar-refractivity contribution in [2.24, 2.45) is 0 Å². The van der Waals surface area contributed by atoms with Crippen LogP contribution in [0.2, 0.25) is 0 Å². The van der Waals surface area contributed by atoms with Crippen LogP contribution in [0.15, 0.2) is 0 Å². The van der Waals surface area contributed by atoms with Crippen molar-refractivity contribution in [2.45, 2.75) is 78.4 Å². The molecule has 0 aromatic heterocycles. The molecule has 106 valence electrons. The van der Waals surface area contributed by atoms with Crippen LogP contribution in [0.4, 0.5) is 0 Å². The van der Waals surface area contributed by atoms with Gasteiger partial charge in [-0.1, -0.05) is 13.8 Å². The standard InChI is InChI=1S/C14H26O4/c1-5-11(3)17-13(15)9-7-8-10-14(16)18-12(4)6-2/h11-12H,5-10H2,1-4H3/t11-,12+. The zero-order chi connectivity index (χ0) is 14.0. The Morgan fingerprint density at radius 2 is 1.17 bits per heavy atom. The van der Waals surface area contributed by atoms with E-state index in [1.165, 1.54) is 0 Å². The predicted molar refractivity (Wildman–Crippen MR) is 70.2 cm³/mol. The third kappa shape index (κ3) is 9.02. The molecule has 0 heterocycles. The molecule has 0 N–H and O–H groups in total. The summed E-state index contributed by atoms with van der Waals surface area (Å²) >= 11 is 0. The van der Waals surface area contributed by atoms with Crippen molar-refractivity contribution in [3.63, 3.8) is 0 Å². The molecule has 0 aliphatic carbocycles. The van der Waals surface area contributed by atoms with Gasteiger partial charge in [0, 0.05) is 12.8 Å². The third-order valence-corrected chi connectivity index (χ3v) is 2.83. The van der Waals surface area contributed by atoms with Gasteiger partial charge in [0.1, 0.15) is 0 Å². The topological polar surface area (TPSA) is 52.6 Å². The predicted octanol–water partition coefficient (Wildman–Crippen LogP) is 3.23. The van der Waals surface area contributed by atoms with Crippen LogP contribution in [0.3, 0.4) is 0 Å². The van der Waals surface area contributed by atoms with Crippen LogP contribution in [0.25, 0.3) is 0 Å². The lowest BCUT2D eigenvalue weighted by Gasteiger charge is -2.11. The minimum absolute atomic E-state index is 0.0205. The quantitative estimate of drug-likeness (QED) is 0.470. The van der Waals surface area contributed by atoms with Crippen LogP contribution in [0.5, 0.6) is 0 Å². The Hall–Kier alpha value is -1.06. The fraction of sp³-hybridized carbons (Fsp3) is 0.857. The number of esters is 2. The first-order valence-corrected chi connectivity index (χ1v) is 6.88. The van der Waals surface area contributed by atoms with Gasteiger partial charge >= 0.3 is 11.9 Å². The van der Waals surface area contributed by atoms with E-state index >= 15 is 0 Å². The third-order valence-electron chi connectivity index (χ3n) is 2.83. The Morgan fingerprint density at radius 1 is 0.833 bits per heavy atom. The lowest BCUT2D eigenvalue weighted by Crippen LogP contribution is -2.15. The molecule has 0 bridgehead atoms. The molecule has 2 atom stereocenters. The molecule has 0 aromatic rings. The maximum Gasteiger partial charge on any atom is 0.306 e. The summed E-state index contributed by atoms with van der Waals surface area (Å²) < 4.78 is 10.3. The highest BCUT2D eigenvalue weighted by Gasteiger charge is 2.10. The molecule has 0 amide bonds. The molecule has 0 saturated heterocycles. The Labute approximate surface area is 110 Å². The lowest BCUT2D eigenvalue weighted by atomic mass is 10.2. The smallest absolute Gasteiger partial charge is 0.306 e. The summed E-state index contributed by atoms with van der Waals surface area (Å²) in [5, 5.41) is 0. The van der Waals surface area contributed by atoms with E-state index in [4.69, 9.17) is 9.47 Å². The van der Waals surface area contributed by atoms with E-state index < -0.39 is 0 Å². The van der Waals surface area contributed by atoms with Gasteiger partial charge < -0.3 is 9.47 Å². The lowest BCUT2D eigenvalue weighted by molar-refractivity contribution is -0.150. The second-order valence-electron chi connectivity index (χ2n) is 4.62. The Kier molecular flexibility index (Phi) is 9.33. The highest BCUT2D eigenvalue weighted by Crippen LogP contribution is 2.07. The summed E-state index contributed by atoms with van der Waals surface area (Å²) in [6, 6.07) is 0. The van der Waals surface area contributed by atoms with Crippen molar-refractivity contribution in [1.29, 1.82) is 0 Å². The zero-order valence-electron chi connectivity index (χ0n) is 12.0. The fourth-order valence-electron chi connectivity index (χ4n) is 1.27. The summed E-state index contributed by atoms with van der Waals surface area (Å²) in [7, 11) is 0. The van der Waals surface area contributed by atoms with E-state index in [2.05, 4.69) is 0 Å². The van der Waals surface area contributed by atoms with Crippen LogP contribution in [0.1, 0.15) is 66.2 Å². The number of carbonyl (C=O) groups excluding carboxylic acids is 2. The highest BCUT2D eigenvalue weighted by atomic mass is 16.5.